The van der Waals surface area contributed by atoms with Gasteiger partial charge in [0.1, 0.15) is 17.6 Å². The van der Waals surface area contributed by atoms with Crippen LogP contribution in [0.2, 0.25) is 0 Å². The second-order valence-corrected chi connectivity index (χ2v) is 4.83. The third-order valence-corrected chi connectivity index (χ3v) is 3.55. The standard InChI is InChI=1S/C16H8O5/c17-11-7-12(18)20-15-10-6-5-8-3-1-2-4-9(8)14(10)21-16(19)13(11)15/h1-6H,7H2. The highest BCUT2D eigenvalue weighted by Gasteiger charge is 2.31. The molecule has 0 fully saturated rings. The molecule has 2 heterocycles. The Balaban J connectivity index is 2.22. The summed E-state index contributed by atoms with van der Waals surface area (Å²) in [5.41, 5.74) is -0.636. The molecule has 1 aliphatic rings. The van der Waals surface area contributed by atoms with Crippen LogP contribution in [0, 0.1) is 0 Å². The smallest absolute Gasteiger partial charge is 0.351 e. The van der Waals surface area contributed by atoms with Crippen LogP contribution in [-0.2, 0) is 4.79 Å². The SMILES string of the molecule is O=C1CC(=O)c2c(c3ccc4ccccc4c3oc2=O)O1. The molecule has 2 aromatic carbocycles. The Bertz CT molecular complexity index is 997. The lowest BCUT2D eigenvalue weighted by Gasteiger charge is -2.15. The lowest BCUT2D eigenvalue weighted by Crippen LogP contribution is -2.27. The summed E-state index contributed by atoms with van der Waals surface area (Å²) in [7, 11) is 0. The molecule has 4 rings (SSSR count). The highest BCUT2D eigenvalue weighted by Crippen LogP contribution is 2.35. The molecule has 0 radical (unpaired) electrons. The molecule has 102 valence electrons. The van der Waals surface area contributed by atoms with Gasteiger partial charge in [0, 0.05) is 5.39 Å². The molecule has 1 aliphatic heterocycles. The first-order valence-corrected chi connectivity index (χ1v) is 6.37. The number of esters is 1. The number of ether oxygens (including phenoxy) is 1. The maximum Gasteiger partial charge on any atom is 0.351 e. The van der Waals surface area contributed by atoms with Crippen LogP contribution in [0.25, 0.3) is 21.7 Å². The minimum Gasteiger partial charge on any atom is -0.424 e. The van der Waals surface area contributed by atoms with Crippen LogP contribution in [0.5, 0.6) is 5.75 Å². The van der Waals surface area contributed by atoms with Gasteiger partial charge in [-0.05, 0) is 11.5 Å². The van der Waals surface area contributed by atoms with Gasteiger partial charge in [0.25, 0.3) is 0 Å². The number of fused-ring (bicyclic) bond motifs is 5. The van der Waals surface area contributed by atoms with Crippen LogP contribution in [0.4, 0.5) is 0 Å². The van der Waals surface area contributed by atoms with E-state index in [4.69, 9.17) is 9.15 Å². The summed E-state index contributed by atoms with van der Waals surface area (Å²) in [6.07, 6.45) is -0.434. The van der Waals surface area contributed by atoms with Crippen LogP contribution in [0.15, 0.2) is 45.6 Å². The number of rotatable bonds is 0. The Morgan fingerprint density at radius 1 is 0.905 bits per heavy atom. The van der Waals surface area contributed by atoms with E-state index >= 15 is 0 Å². The van der Waals surface area contributed by atoms with E-state index in [1.807, 2.05) is 24.3 Å². The molecule has 0 spiro atoms. The van der Waals surface area contributed by atoms with Crippen molar-refractivity contribution in [2.45, 2.75) is 6.42 Å². The molecule has 0 bridgehead atoms. The van der Waals surface area contributed by atoms with E-state index < -0.39 is 23.8 Å². The lowest BCUT2D eigenvalue weighted by atomic mass is 10.0. The summed E-state index contributed by atoms with van der Waals surface area (Å²) in [4.78, 5) is 35.4. The maximum atomic E-state index is 12.1. The van der Waals surface area contributed by atoms with Gasteiger partial charge in [-0.2, -0.15) is 0 Å². The summed E-state index contributed by atoms with van der Waals surface area (Å²) in [5.74, 6) is -1.22. The van der Waals surface area contributed by atoms with Crippen molar-refractivity contribution in [2.75, 3.05) is 0 Å². The highest BCUT2D eigenvalue weighted by atomic mass is 16.5. The fourth-order valence-corrected chi connectivity index (χ4v) is 2.62. The number of carbonyl (C=O) groups excluding carboxylic acids is 2. The van der Waals surface area contributed by atoms with Crippen molar-refractivity contribution < 1.29 is 18.7 Å². The van der Waals surface area contributed by atoms with Gasteiger partial charge in [0.05, 0.1) is 5.39 Å². The molecule has 0 unspecified atom stereocenters. The fourth-order valence-electron chi connectivity index (χ4n) is 2.62. The topological polar surface area (TPSA) is 73.6 Å². The summed E-state index contributed by atoms with van der Waals surface area (Å²) >= 11 is 0. The zero-order valence-electron chi connectivity index (χ0n) is 10.7. The number of hydrogen-bond acceptors (Lipinski definition) is 5. The highest BCUT2D eigenvalue weighted by molar-refractivity contribution is 6.16. The van der Waals surface area contributed by atoms with E-state index in [2.05, 4.69) is 0 Å². The van der Waals surface area contributed by atoms with Crippen LogP contribution in [-0.4, -0.2) is 11.8 Å². The second-order valence-electron chi connectivity index (χ2n) is 4.83. The van der Waals surface area contributed by atoms with Crippen molar-refractivity contribution in [3.05, 3.63) is 52.4 Å². The molecule has 5 heteroatoms. The van der Waals surface area contributed by atoms with Crippen molar-refractivity contribution in [1.29, 1.82) is 0 Å². The average Bonchev–Trinajstić information content (AvgIpc) is 2.46. The average molecular weight is 280 g/mol. The number of ketones is 1. The van der Waals surface area contributed by atoms with Gasteiger partial charge in [-0.3, -0.25) is 9.59 Å². The molecule has 3 aromatic rings. The van der Waals surface area contributed by atoms with Gasteiger partial charge in [0.15, 0.2) is 11.5 Å². The summed E-state index contributed by atoms with van der Waals surface area (Å²) in [6.45, 7) is 0. The third kappa shape index (κ3) is 1.61. The van der Waals surface area contributed by atoms with E-state index in [0.29, 0.717) is 11.0 Å². The summed E-state index contributed by atoms with van der Waals surface area (Å²) in [6, 6.07) is 10.9. The Kier molecular flexibility index (Phi) is 2.27. The Hall–Kier alpha value is -2.95. The monoisotopic (exact) mass is 280 g/mol. The van der Waals surface area contributed by atoms with Crippen LogP contribution in [0.3, 0.4) is 0 Å². The van der Waals surface area contributed by atoms with Gasteiger partial charge >= 0.3 is 11.6 Å². The van der Waals surface area contributed by atoms with E-state index in [-0.39, 0.29) is 11.3 Å². The minimum atomic E-state index is -0.772. The zero-order chi connectivity index (χ0) is 14.6. The molecule has 0 saturated heterocycles. The zero-order valence-corrected chi connectivity index (χ0v) is 10.7. The van der Waals surface area contributed by atoms with E-state index in [1.54, 1.807) is 12.1 Å². The molecular weight excluding hydrogens is 272 g/mol. The Morgan fingerprint density at radius 2 is 1.71 bits per heavy atom. The van der Waals surface area contributed by atoms with Gasteiger partial charge in [-0.1, -0.05) is 30.3 Å². The number of carbonyl (C=O) groups is 2. The predicted octanol–water partition coefficient (Wildman–Crippen LogP) is 2.44. The first-order chi connectivity index (χ1) is 10.1. The quantitative estimate of drug-likeness (QED) is 0.274. The first-order valence-electron chi connectivity index (χ1n) is 6.37. The van der Waals surface area contributed by atoms with Crippen molar-refractivity contribution in [3.63, 3.8) is 0 Å². The summed E-state index contributed by atoms with van der Waals surface area (Å²) < 4.78 is 10.4. The molecule has 1 aromatic heterocycles. The van der Waals surface area contributed by atoms with Gasteiger partial charge < -0.3 is 9.15 Å². The maximum absolute atomic E-state index is 12.1. The number of benzene rings is 2. The molecule has 0 saturated carbocycles. The van der Waals surface area contributed by atoms with Gasteiger partial charge in [-0.25, -0.2) is 4.79 Å². The van der Waals surface area contributed by atoms with Gasteiger partial charge in [0.2, 0.25) is 0 Å². The number of Topliss-reactive ketones (excluding diaryl/α,β-unsaturated/α-hetero) is 1. The van der Waals surface area contributed by atoms with Crippen molar-refractivity contribution in [1.82, 2.24) is 0 Å². The Morgan fingerprint density at radius 3 is 2.57 bits per heavy atom. The molecular formula is C16H8O5. The van der Waals surface area contributed by atoms with Crippen LogP contribution >= 0.6 is 0 Å². The van der Waals surface area contributed by atoms with Crippen LogP contribution < -0.4 is 10.4 Å². The molecule has 21 heavy (non-hydrogen) atoms. The van der Waals surface area contributed by atoms with Gasteiger partial charge in [-0.15, -0.1) is 0 Å². The third-order valence-electron chi connectivity index (χ3n) is 3.55. The van der Waals surface area contributed by atoms with Crippen molar-refractivity contribution in [3.8, 4) is 5.75 Å². The first kappa shape index (κ1) is 11.8. The second kappa shape index (κ2) is 4.02. The van der Waals surface area contributed by atoms with Crippen LogP contribution in [0.1, 0.15) is 16.8 Å². The van der Waals surface area contributed by atoms with Crippen molar-refractivity contribution in [2.24, 2.45) is 0 Å². The fraction of sp³-hybridized carbons (Fsp3) is 0.0625. The van der Waals surface area contributed by atoms with E-state index in [0.717, 1.165) is 10.8 Å². The normalized spacial score (nSPS) is 14.3. The summed E-state index contributed by atoms with van der Waals surface area (Å²) in [5, 5.41) is 2.07. The number of hydrogen-bond donors (Lipinski definition) is 0. The minimum absolute atomic E-state index is 0.00764. The molecule has 0 N–H and O–H groups in total. The predicted molar refractivity (Wildman–Crippen MR) is 74.6 cm³/mol. The molecule has 0 atom stereocenters. The van der Waals surface area contributed by atoms with E-state index in [9.17, 15) is 14.4 Å². The Labute approximate surface area is 117 Å². The largest absolute Gasteiger partial charge is 0.424 e. The molecule has 0 amide bonds. The molecule has 0 aliphatic carbocycles. The van der Waals surface area contributed by atoms with Crippen molar-refractivity contribution >= 4 is 33.5 Å². The lowest BCUT2D eigenvalue weighted by molar-refractivity contribution is -0.133. The van der Waals surface area contributed by atoms with E-state index in [1.165, 1.54) is 0 Å². The molecule has 5 nitrogen and oxygen atoms in total.